The minimum absolute atomic E-state index is 0.0474. The van der Waals surface area contributed by atoms with E-state index >= 15 is 0 Å². The molecule has 1 aliphatic rings. The van der Waals surface area contributed by atoms with Gasteiger partial charge in [-0.3, -0.25) is 4.79 Å². The van der Waals surface area contributed by atoms with Crippen molar-refractivity contribution in [2.45, 2.75) is 61.8 Å². The molecule has 51 heavy (non-hydrogen) atoms. The van der Waals surface area contributed by atoms with Gasteiger partial charge in [0.1, 0.15) is 5.84 Å². The summed E-state index contributed by atoms with van der Waals surface area (Å²) in [6.45, 7) is 3.25. The number of amidine groups is 1. The molecule has 0 atom stereocenters. The van der Waals surface area contributed by atoms with E-state index in [2.05, 4.69) is 27.3 Å². The summed E-state index contributed by atoms with van der Waals surface area (Å²) in [5.41, 5.74) is 1.84. The van der Waals surface area contributed by atoms with Crippen molar-refractivity contribution in [2.24, 2.45) is 10.1 Å². The normalized spacial score (nSPS) is 13.9. The lowest BCUT2D eigenvalue weighted by Gasteiger charge is -2.35. The largest absolute Gasteiger partial charge is 0.465 e. The number of nitrogens with zero attached hydrogens (tertiary/aromatic N) is 3. The number of hydrogen-bond donors (Lipinski definition) is 5. The first-order valence-corrected chi connectivity index (χ1v) is 19.5. The highest BCUT2D eigenvalue weighted by Gasteiger charge is 2.24. The Morgan fingerprint density at radius 3 is 2.02 bits per heavy atom. The van der Waals surface area contributed by atoms with E-state index in [1.807, 2.05) is 4.90 Å². The van der Waals surface area contributed by atoms with Gasteiger partial charge in [-0.1, -0.05) is 56.9 Å². The molecule has 0 spiro atoms. The predicted molar refractivity (Wildman–Crippen MR) is 193 cm³/mol. The molecule has 0 unspecified atom stereocenters. The van der Waals surface area contributed by atoms with Gasteiger partial charge in [-0.15, -0.1) is 0 Å². The summed E-state index contributed by atoms with van der Waals surface area (Å²) >= 11 is 0. The summed E-state index contributed by atoms with van der Waals surface area (Å²) in [5, 5.41) is 19.9. The molecule has 0 radical (unpaired) electrons. The van der Waals surface area contributed by atoms with Crippen molar-refractivity contribution in [2.75, 3.05) is 36.8 Å². The molecule has 3 aromatic carbocycles. The summed E-state index contributed by atoms with van der Waals surface area (Å²) in [5.74, 6) is 0.145. The minimum Gasteiger partial charge on any atom is -0.465 e. The summed E-state index contributed by atoms with van der Waals surface area (Å²) in [6.07, 6.45) is 4.23. The van der Waals surface area contributed by atoms with Gasteiger partial charge < -0.3 is 25.5 Å². The lowest BCUT2D eigenvalue weighted by molar-refractivity contribution is -0.117. The molecule has 0 aliphatic carbocycles. The van der Waals surface area contributed by atoms with Gasteiger partial charge in [0, 0.05) is 56.1 Å². The number of aliphatic imine (C=N–C) groups is 1. The Hall–Kier alpha value is -4.84. The van der Waals surface area contributed by atoms with Crippen LogP contribution in [0.1, 0.15) is 56.6 Å². The van der Waals surface area contributed by atoms with Crippen LogP contribution in [0, 0.1) is 0 Å². The number of unbranched alkanes of at least 4 members (excludes halogenated alkanes) is 4. The van der Waals surface area contributed by atoms with Gasteiger partial charge in [0.05, 0.1) is 9.79 Å². The SMILES string of the molecule is CCCCCCCC(=O)N=C(c1cccc(NC(=O)Nc2ccc(S(=O)(=O)NCc3ccc(S(N)(=O)=O)cc3)cc2)c1)N1CCN(C(=O)O)CC1. The number of carbonyl (C=O) groups is 3. The molecular formula is C34H43N7O8S2. The number of benzene rings is 3. The van der Waals surface area contributed by atoms with Crippen LogP contribution in [-0.4, -0.2) is 81.8 Å². The number of primary sulfonamides is 1. The maximum Gasteiger partial charge on any atom is 0.407 e. The molecule has 17 heteroatoms. The summed E-state index contributed by atoms with van der Waals surface area (Å²) in [4.78, 5) is 44.8. The summed E-state index contributed by atoms with van der Waals surface area (Å²) in [7, 11) is -7.80. The van der Waals surface area contributed by atoms with Crippen molar-refractivity contribution < 1.29 is 36.3 Å². The van der Waals surface area contributed by atoms with Gasteiger partial charge in [-0.2, -0.15) is 4.99 Å². The molecule has 1 aliphatic heterocycles. The number of hydrogen-bond acceptors (Lipinski definition) is 7. The van der Waals surface area contributed by atoms with Crippen molar-refractivity contribution in [3.63, 3.8) is 0 Å². The highest BCUT2D eigenvalue weighted by Crippen LogP contribution is 2.19. The molecule has 274 valence electrons. The van der Waals surface area contributed by atoms with Gasteiger partial charge in [0.2, 0.25) is 26.0 Å². The first-order valence-electron chi connectivity index (χ1n) is 16.5. The minimum atomic E-state index is -3.93. The first kappa shape index (κ1) is 39.0. The fourth-order valence-electron chi connectivity index (χ4n) is 5.29. The van der Waals surface area contributed by atoms with Crippen molar-refractivity contribution in [1.82, 2.24) is 14.5 Å². The second-order valence-electron chi connectivity index (χ2n) is 11.9. The van der Waals surface area contributed by atoms with E-state index in [9.17, 15) is 36.3 Å². The maximum atomic E-state index is 12.9. The molecule has 15 nitrogen and oxygen atoms in total. The smallest absolute Gasteiger partial charge is 0.407 e. The molecule has 1 fully saturated rings. The van der Waals surface area contributed by atoms with Gasteiger partial charge in [-0.05, 0) is 60.5 Å². The molecule has 1 heterocycles. The summed E-state index contributed by atoms with van der Waals surface area (Å²) in [6, 6.07) is 17.2. The number of nitrogens with one attached hydrogen (secondary N) is 3. The quantitative estimate of drug-likeness (QED) is 0.0897. The zero-order valence-corrected chi connectivity index (χ0v) is 29.9. The van der Waals surface area contributed by atoms with E-state index < -0.39 is 32.2 Å². The third kappa shape index (κ3) is 11.9. The number of rotatable bonds is 14. The number of carboxylic acid groups (broad SMARTS) is 1. The van der Waals surface area contributed by atoms with Gasteiger partial charge in [0.15, 0.2) is 0 Å². The fraction of sp³-hybridized carbons (Fsp3) is 0.353. The van der Waals surface area contributed by atoms with Crippen LogP contribution < -0.4 is 20.5 Å². The summed E-state index contributed by atoms with van der Waals surface area (Å²) < 4.78 is 51.0. The Kier molecular flexibility index (Phi) is 13.7. The van der Waals surface area contributed by atoms with Gasteiger partial charge in [-0.25, -0.2) is 36.3 Å². The number of piperazine rings is 1. The van der Waals surface area contributed by atoms with Gasteiger partial charge >= 0.3 is 12.1 Å². The Balaban J connectivity index is 1.39. The van der Waals surface area contributed by atoms with E-state index in [1.54, 1.807) is 24.3 Å². The van der Waals surface area contributed by atoms with E-state index in [4.69, 9.17) is 5.14 Å². The highest BCUT2D eigenvalue weighted by molar-refractivity contribution is 7.89. The lowest BCUT2D eigenvalue weighted by atomic mass is 10.1. The van der Waals surface area contributed by atoms with E-state index in [-0.39, 0.29) is 35.3 Å². The van der Waals surface area contributed by atoms with E-state index in [1.165, 1.54) is 53.4 Å². The van der Waals surface area contributed by atoms with Crippen LogP contribution in [0.4, 0.5) is 21.0 Å². The second kappa shape index (κ2) is 17.9. The number of anilines is 2. The van der Waals surface area contributed by atoms with Crippen LogP contribution in [0.15, 0.2) is 87.6 Å². The number of amides is 4. The monoisotopic (exact) mass is 741 g/mol. The van der Waals surface area contributed by atoms with E-state index in [0.29, 0.717) is 47.8 Å². The number of urea groups is 1. The molecule has 0 saturated carbocycles. The Bertz CT molecular complexity index is 1930. The van der Waals surface area contributed by atoms with E-state index in [0.717, 1.165) is 32.1 Å². The Morgan fingerprint density at radius 2 is 1.39 bits per heavy atom. The topological polar surface area (TPSA) is 221 Å². The van der Waals surface area contributed by atoms with Crippen LogP contribution in [0.5, 0.6) is 0 Å². The zero-order valence-electron chi connectivity index (χ0n) is 28.2. The lowest BCUT2D eigenvalue weighted by Crippen LogP contribution is -2.50. The van der Waals surface area contributed by atoms with Crippen LogP contribution >= 0.6 is 0 Å². The van der Waals surface area contributed by atoms with Crippen molar-refractivity contribution in [3.05, 3.63) is 83.9 Å². The van der Waals surface area contributed by atoms with Crippen molar-refractivity contribution >= 4 is 55.3 Å². The van der Waals surface area contributed by atoms with Crippen LogP contribution in [0.25, 0.3) is 0 Å². The van der Waals surface area contributed by atoms with Crippen molar-refractivity contribution in [3.8, 4) is 0 Å². The molecule has 3 aromatic rings. The maximum absolute atomic E-state index is 12.9. The average molecular weight is 742 g/mol. The molecule has 4 rings (SSSR count). The number of nitrogens with two attached hydrogens (primary N) is 1. The molecule has 1 saturated heterocycles. The average Bonchev–Trinajstić information content (AvgIpc) is 3.10. The standard InChI is InChI=1S/C34H43N7O8S2/c1-2-3-4-5-6-10-31(42)39-32(40-19-21-41(22-20-40)34(44)45)26-8-7-9-28(23-26)38-33(43)37-27-13-17-30(18-14-27)51(48,49)36-24-25-11-15-29(16-12-25)50(35,46)47/h7-9,11-18,23,36H,2-6,10,19-22,24H2,1H3,(H,44,45)(H2,35,46,47)(H2,37,38,43). The van der Waals surface area contributed by atoms with Gasteiger partial charge in [0.25, 0.3) is 0 Å². The van der Waals surface area contributed by atoms with Crippen LogP contribution in [-0.2, 0) is 31.4 Å². The number of sulfonamides is 2. The second-order valence-corrected chi connectivity index (χ2v) is 15.3. The number of carbonyl (C=O) groups excluding carboxylic acids is 2. The fourth-order valence-corrected chi connectivity index (χ4v) is 6.82. The van der Waals surface area contributed by atoms with Crippen LogP contribution in [0.2, 0.25) is 0 Å². The molecule has 0 bridgehead atoms. The Morgan fingerprint density at radius 1 is 0.784 bits per heavy atom. The van der Waals surface area contributed by atoms with Crippen molar-refractivity contribution in [1.29, 1.82) is 0 Å². The molecular weight excluding hydrogens is 699 g/mol. The molecule has 0 aromatic heterocycles. The first-order chi connectivity index (χ1) is 24.2. The third-order valence-electron chi connectivity index (χ3n) is 8.09. The highest BCUT2D eigenvalue weighted by atomic mass is 32.2. The molecule has 6 N–H and O–H groups in total. The van der Waals surface area contributed by atoms with Crippen LogP contribution in [0.3, 0.4) is 0 Å². The third-order valence-corrected chi connectivity index (χ3v) is 10.4. The molecule has 4 amide bonds. The predicted octanol–water partition coefficient (Wildman–Crippen LogP) is 4.39. The Labute approximate surface area is 298 Å². The zero-order chi connectivity index (χ0) is 37.0.